The fraction of sp³-hybridized carbons (Fsp3) is 0.571. The number of piperidine rings is 1. The molecule has 2 nitrogen and oxygen atoms in total. The summed E-state index contributed by atoms with van der Waals surface area (Å²) < 4.78 is 0. The Balaban J connectivity index is 2.04. The summed E-state index contributed by atoms with van der Waals surface area (Å²) in [6.07, 6.45) is 3.59. The van der Waals surface area contributed by atoms with E-state index >= 15 is 0 Å². The topological polar surface area (TPSA) is 32.3 Å². The molecule has 1 spiro atoms. The molecule has 0 radical (unpaired) electrons. The van der Waals surface area contributed by atoms with Crippen LogP contribution in [0.25, 0.3) is 0 Å². The largest absolute Gasteiger partial charge is 0.396 e. The summed E-state index contributed by atoms with van der Waals surface area (Å²) in [5.41, 5.74) is 3.26. The molecule has 1 atom stereocenters. The van der Waals surface area contributed by atoms with Crippen molar-refractivity contribution < 1.29 is 5.11 Å². The summed E-state index contributed by atoms with van der Waals surface area (Å²) in [5.74, 6) is 0.370. The van der Waals surface area contributed by atoms with Crippen LogP contribution in [0.5, 0.6) is 0 Å². The van der Waals surface area contributed by atoms with E-state index in [-0.39, 0.29) is 0 Å². The van der Waals surface area contributed by atoms with Crippen molar-refractivity contribution in [3.63, 3.8) is 0 Å². The Hall–Kier alpha value is -0.860. The highest BCUT2D eigenvalue weighted by Gasteiger charge is 2.43. The van der Waals surface area contributed by atoms with Gasteiger partial charge >= 0.3 is 0 Å². The van der Waals surface area contributed by atoms with Crippen LogP contribution in [0, 0.1) is 0 Å². The maximum Gasteiger partial charge on any atom is 0.0500 e. The maximum atomic E-state index is 9.51. The summed E-state index contributed by atoms with van der Waals surface area (Å²) in [5, 5.41) is 12.9. The summed E-state index contributed by atoms with van der Waals surface area (Å²) in [7, 11) is 0. The monoisotopic (exact) mass is 217 g/mol. The van der Waals surface area contributed by atoms with Crippen LogP contribution in [0.15, 0.2) is 24.3 Å². The third kappa shape index (κ3) is 1.40. The van der Waals surface area contributed by atoms with Crippen molar-refractivity contribution in [1.29, 1.82) is 0 Å². The molecular weight excluding hydrogens is 198 g/mol. The lowest BCUT2D eigenvalue weighted by Crippen LogP contribution is -2.38. The van der Waals surface area contributed by atoms with Crippen LogP contribution in [0.3, 0.4) is 0 Å². The SMILES string of the molecule is OC[C@@H]1CC2(CCNCC2)c2ccccc21. The molecule has 0 unspecified atom stereocenters. The third-order valence-corrected chi connectivity index (χ3v) is 4.39. The first kappa shape index (κ1) is 10.3. The first-order valence-corrected chi connectivity index (χ1v) is 6.27. The molecule has 1 saturated heterocycles. The molecule has 0 amide bonds. The zero-order valence-electron chi connectivity index (χ0n) is 9.58. The van der Waals surface area contributed by atoms with Gasteiger partial charge in [0.1, 0.15) is 0 Å². The van der Waals surface area contributed by atoms with Crippen molar-refractivity contribution in [2.75, 3.05) is 19.7 Å². The van der Waals surface area contributed by atoms with Crippen LogP contribution in [0.2, 0.25) is 0 Å². The lowest BCUT2D eigenvalue weighted by Gasteiger charge is -2.35. The Morgan fingerprint density at radius 1 is 1.25 bits per heavy atom. The average Bonchev–Trinajstić information content (AvgIpc) is 2.66. The van der Waals surface area contributed by atoms with E-state index in [4.69, 9.17) is 0 Å². The Kier molecular flexibility index (Phi) is 2.49. The van der Waals surface area contributed by atoms with Crippen molar-refractivity contribution >= 4 is 0 Å². The molecule has 2 heteroatoms. The maximum absolute atomic E-state index is 9.51. The van der Waals surface area contributed by atoms with E-state index < -0.39 is 0 Å². The van der Waals surface area contributed by atoms with Gasteiger partial charge in [0.25, 0.3) is 0 Å². The molecule has 2 aliphatic rings. The van der Waals surface area contributed by atoms with Crippen molar-refractivity contribution in [2.24, 2.45) is 0 Å². The molecule has 16 heavy (non-hydrogen) atoms. The molecule has 1 heterocycles. The molecular formula is C14H19NO. The Bertz CT molecular complexity index is 382. The highest BCUT2D eigenvalue weighted by molar-refractivity contribution is 5.43. The van der Waals surface area contributed by atoms with E-state index in [1.54, 1.807) is 0 Å². The number of rotatable bonds is 1. The first-order valence-electron chi connectivity index (χ1n) is 6.27. The smallest absolute Gasteiger partial charge is 0.0500 e. The number of fused-ring (bicyclic) bond motifs is 2. The van der Waals surface area contributed by atoms with Crippen molar-refractivity contribution in [3.8, 4) is 0 Å². The second kappa shape index (κ2) is 3.86. The standard InChI is InChI=1S/C14H19NO/c16-10-11-9-14(5-7-15-8-6-14)13-4-2-1-3-12(11)13/h1-4,11,15-16H,5-10H2/t11-/m0/s1. The number of benzene rings is 1. The zero-order valence-corrected chi connectivity index (χ0v) is 9.58. The van der Waals surface area contributed by atoms with E-state index in [0.717, 1.165) is 19.5 Å². The van der Waals surface area contributed by atoms with Gasteiger partial charge in [0, 0.05) is 12.5 Å². The molecule has 1 aromatic rings. The van der Waals surface area contributed by atoms with Gasteiger partial charge in [-0.3, -0.25) is 0 Å². The number of nitrogens with one attached hydrogen (secondary N) is 1. The summed E-state index contributed by atoms with van der Waals surface area (Å²) >= 11 is 0. The second-order valence-electron chi connectivity index (χ2n) is 5.20. The molecule has 0 bridgehead atoms. The average molecular weight is 217 g/mol. The van der Waals surface area contributed by atoms with E-state index in [9.17, 15) is 5.11 Å². The molecule has 1 aromatic carbocycles. The van der Waals surface area contributed by atoms with Crippen molar-refractivity contribution in [2.45, 2.75) is 30.6 Å². The van der Waals surface area contributed by atoms with E-state index in [2.05, 4.69) is 29.6 Å². The quantitative estimate of drug-likeness (QED) is 0.751. The van der Waals surface area contributed by atoms with Gasteiger partial charge in [-0.25, -0.2) is 0 Å². The van der Waals surface area contributed by atoms with Gasteiger partial charge in [-0.1, -0.05) is 24.3 Å². The molecule has 1 aliphatic heterocycles. The first-order chi connectivity index (χ1) is 7.86. The van der Waals surface area contributed by atoms with Gasteiger partial charge in [-0.05, 0) is 48.9 Å². The van der Waals surface area contributed by atoms with Crippen LogP contribution in [0.4, 0.5) is 0 Å². The fourth-order valence-corrected chi connectivity index (χ4v) is 3.57. The van der Waals surface area contributed by atoms with Gasteiger partial charge in [-0.2, -0.15) is 0 Å². The lowest BCUT2D eigenvalue weighted by atomic mass is 9.74. The number of hydrogen-bond acceptors (Lipinski definition) is 2. The molecule has 3 rings (SSSR count). The van der Waals surface area contributed by atoms with Crippen LogP contribution in [-0.4, -0.2) is 24.8 Å². The van der Waals surface area contributed by atoms with E-state index in [0.29, 0.717) is 17.9 Å². The highest BCUT2D eigenvalue weighted by atomic mass is 16.3. The van der Waals surface area contributed by atoms with E-state index in [1.165, 1.54) is 24.0 Å². The van der Waals surface area contributed by atoms with Crippen LogP contribution in [0.1, 0.15) is 36.3 Å². The minimum absolute atomic E-state index is 0.298. The van der Waals surface area contributed by atoms with Gasteiger partial charge in [0.05, 0.1) is 0 Å². The van der Waals surface area contributed by atoms with Crippen LogP contribution < -0.4 is 5.32 Å². The number of hydrogen-bond donors (Lipinski definition) is 2. The Labute approximate surface area is 96.7 Å². The second-order valence-corrected chi connectivity index (χ2v) is 5.20. The molecule has 1 aliphatic carbocycles. The molecule has 0 saturated carbocycles. The Morgan fingerprint density at radius 2 is 2.00 bits per heavy atom. The highest BCUT2D eigenvalue weighted by Crippen LogP contribution is 2.50. The molecule has 0 aromatic heterocycles. The lowest BCUT2D eigenvalue weighted by molar-refractivity contribution is 0.228. The minimum atomic E-state index is 0.298. The minimum Gasteiger partial charge on any atom is -0.396 e. The fourth-order valence-electron chi connectivity index (χ4n) is 3.57. The summed E-state index contributed by atoms with van der Waals surface area (Å²) in [6, 6.07) is 8.72. The summed E-state index contributed by atoms with van der Waals surface area (Å²) in [4.78, 5) is 0. The predicted molar refractivity (Wildman–Crippen MR) is 64.7 cm³/mol. The van der Waals surface area contributed by atoms with Gasteiger partial charge < -0.3 is 10.4 Å². The van der Waals surface area contributed by atoms with Crippen LogP contribution >= 0.6 is 0 Å². The van der Waals surface area contributed by atoms with Crippen LogP contribution in [-0.2, 0) is 5.41 Å². The Morgan fingerprint density at radius 3 is 2.75 bits per heavy atom. The van der Waals surface area contributed by atoms with E-state index in [1.807, 2.05) is 0 Å². The van der Waals surface area contributed by atoms with Crippen molar-refractivity contribution in [3.05, 3.63) is 35.4 Å². The van der Waals surface area contributed by atoms with Gasteiger partial charge in [0.2, 0.25) is 0 Å². The normalized spacial score (nSPS) is 26.9. The molecule has 2 N–H and O–H groups in total. The molecule has 1 fully saturated rings. The van der Waals surface area contributed by atoms with Crippen molar-refractivity contribution in [1.82, 2.24) is 5.32 Å². The number of aliphatic hydroxyl groups excluding tert-OH is 1. The number of aliphatic hydroxyl groups is 1. The van der Waals surface area contributed by atoms with Gasteiger partial charge in [-0.15, -0.1) is 0 Å². The third-order valence-electron chi connectivity index (χ3n) is 4.39. The zero-order chi connectivity index (χ0) is 11.0. The molecule has 86 valence electrons. The predicted octanol–water partition coefficient (Wildman–Crippen LogP) is 1.79. The van der Waals surface area contributed by atoms with Gasteiger partial charge in [0.15, 0.2) is 0 Å². The summed E-state index contributed by atoms with van der Waals surface area (Å²) in [6.45, 7) is 2.53.